The van der Waals surface area contributed by atoms with Crippen molar-refractivity contribution < 1.29 is 38.5 Å². The van der Waals surface area contributed by atoms with Crippen LogP contribution in [0, 0.1) is 0 Å². The lowest BCUT2D eigenvalue weighted by Crippen LogP contribution is -2.32. The summed E-state index contributed by atoms with van der Waals surface area (Å²) in [6.45, 7) is -0.387. The first-order valence-corrected chi connectivity index (χ1v) is 11.0. The van der Waals surface area contributed by atoms with Gasteiger partial charge in [-0.25, -0.2) is 9.59 Å². The zero-order valence-electron chi connectivity index (χ0n) is 16.2. The van der Waals surface area contributed by atoms with E-state index in [9.17, 15) is 29.0 Å². The van der Waals surface area contributed by atoms with Crippen molar-refractivity contribution in [1.29, 1.82) is 0 Å². The van der Waals surface area contributed by atoms with Gasteiger partial charge in [0.05, 0.1) is 7.11 Å². The van der Waals surface area contributed by atoms with E-state index in [4.69, 9.17) is 4.74 Å². The molecule has 0 saturated heterocycles. The summed E-state index contributed by atoms with van der Waals surface area (Å²) in [6.07, 6.45) is 0.201. The number of urea groups is 1. The van der Waals surface area contributed by atoms with Crippen LogP contribution in [0.2, 0.25) is 0 Å². The minimum absolute atomic E-state index is 0.131. The molecule has 0 bridgehead atoms. The second kappa shape index (κ2) is 7.29. The third-order valence-corrected chi connectivity index (χ3v) is 5.67. The molecule has 0 fully saturated rings. The number of ether oxygens (including phenoxy) is 2. The van der Waals surface area contributed by atoms with Gasteiger partial charge in [-0.1, -0.05) is 31.6 Å². The fourth-order valence-electron chi connectivity index (χ4n) is 3.02. The topological polar surface area (TPSA) is 76.7 Å². The Morgan fingerprint density at radius 3 is 2.55 bits per heavy atom. The van der Waals surface area contributed by atoms with Crippen LogP contribution in [-0.4, -0.2) is 25.2 Å². The first-order valence-electron chi connectivity index (χ1n) is 9.00. The van der Waals surface area contributed by atoms with Gasteiger partial charge in [-0.3, -0.25) is 0 Å². The Bertz CT molecular complexity index is 1030. The summed E-state index contributed by atoms with van der Waals surface area (Å²) >= 11 is 0. The van der Waals surface area contributed by atoms with Gasteiger partial charge in [0.15, 0.2) is 6.10 Å². The van der Waals surface area contributed by atoms with E-state index < -0.39 is 33.2 Å². The molecule has 31 heavy (non-hydrogen) atoms. The first-order chi connectivity index (χ1) is 14.2. The van der Waals surface area contributed by atoms with Crippen LogP contribution in [-0.2, 0) is 22.5 Å². The van der Waals surface area contributed by atoms with E-state index in [1.54, 1.807) is 12.1 Å². The monoisotopic (exact) mass is 466 g/mol. The molecule has 0 aliphatic carbocycles. The maximum absolute atomic E-state index is 12.9. The molecule has 0 spiro atoms. The highest BCUT2D eigenvalue weighted by molar-refractivity contribution is 8.45. The van der Waals surface area contributed by atoms with Crippen LogP contribution in [0.3, 0.4) is 0 Å². The summed E-state index contributed by atoms with van der Waals surface area (Å²) in [6, 6.07) is 6.65. The fraction of sp³-hybridized carbons (Fsp3) is 0.263. The third-order valence-electron chi connectivity index (χ3n) is 4.52. The highest BCUT2D eigenvalue weighted by Gasteiger charge is 2.65. The number of carbonyl (C=O) groups excluding carboxylic acids is 2. The van der Waals surface area contributed by atoms with E-state index in [2.05, 4.69) is 15.4 Å². The average Bonchev–Trinajstić information content (AvgIpc) is 2.70. The summed E-state index contributed by atoms with van der Waals surface area (Å²) in [5.41, 5.74) is 1.01. The molecule has 6 nitrogen and oxygen atoms in total. The SMILES string of the molecule is COC(=O)C1CCc2cc(NC(=O)NCc3cccc(S(F)(F)(F)(F)F)c3)ccc2O1. The van der Waals surface area contributed by atoms with Crippen molar-refractivity contribution >= 4 is 27.9 Å². The van der Waals surface area contributed by atoms with Crippen molar-refractivity contribution in [3.8, 4) is 5.75 Å². The molecular weight excluding hydrogens is 447 g/mol. The predicted octanol–water partition coefficient (Wildman–Crippen LogP) is 5.53. The van der Waals surface area contributed by atoms with Crippen LogP contribution in [0.4, 0.5) is 29.9 Å². The molecular formula is C19H19F5N2O4S. The van der Waals surface area contributed by atoms with Gasteiger partial charge < -0.3 is 20.1 Å². The predicted molar refractivity (Wildman–Crippen MR) is 105 cm³/mol. The number of methoxy groups -OCH3 is 1. The number of halogens is 5. The number of nitrogens with one attached hydrogen (secondary N) is 2. The van der Waals surface area contributed by atoms with Crippen molar-refractivity contribution in [2.75, 3.05) is 12.4 Å². The smallest absolute Gasteiger partial charge is 0.347 e. The second-order valence-electron chi connectivity index (χ2n) is 6.91. The van der Waals surface area contributed by atoms with E-state index in [1.807, 2.05) is 0 Å². The second-order valence-corrected chi connectivity index (χ2v) is 9.32. The molecule has 170 valence electrons. The molecule has 1 aliphatic rings. The molecule has 0 aromatic heterocycles. The van der Waals surface area contributed by atoms with E-state index in [0.29, 0.717) is 36.4 Å². The van der Waals surface area contributed by atoms with E-state index in [-0.39, 0.29) is 12.1 Å². The van der Waals surface area contributed by atoms with Crippen molar-refractivity contribution in [1.82, 2.24) is 5.32 Å². The quantitative estimate of drug-likeness (QED) is 0.449. The van der Waals surface area contributed by atoms with Crippen molar-refractivity contribution in [3.63, 3.8) is 0 Å². The van der Waals surface area contributed by atoms with Crippen LogP contribution in [0.15, 0.2) is 47.4 Å². The van der Waals surface area contributed by atoms with Crippen molar-refractivity contribution in [2.45, 2.75) is 30.4 Å². The zero-order chi connectivity index (χ0) is 22.9. The van der Waals surface area contributed by atoms with Gasteiger partial charge in [0.2, 0.25) is 0 Å². The average molecular weight is 466 g/mol. The van der Waals surface area contributed by atoms with E-state index in [1.165, 1.54) is 19.2 Å². The maximum Gasteiger partial charge on any atom is 0.347 e. The minimum atomic E-state index is -9.79. The summed E-state index contributed by atoms with van der Waals surface area (Å²) in [7, 11) is -8.53. The van der Waals surface area contributed by atoms with Gasteiger partial charge in [0, 0.05) is 12.2 Å². The summed E-state index contributed by atoms with van der Waals surface area (Å²) in [4.78, 5) is 21.6. The Labute approximate surface area is 174 Å². The molecule has 2 N–H and O–H groups in total. The Hall–Kier alpha value is -3.02. The number of amides is 2. The largest absolute Gasteiger partial charge is 0.478 e. The van der Waals surface area contributed by atoms with Gasteiger partial charge in [-0.2, -0.15) is 0 Å². The van der Waals surface area contributed by atoms with Gasteiger partial charge in [-0.15, -0.1) is 0 Å². The first kappa shape index (κ1) is 22.7. The van der Waals surface area contributed by atoms with Crippen molar-refractivity contribution in [2.24, 2.45) is 0 Å². The van der Waals surface area contributed by atoms with Crippen molar-refractivity contribution in [3.05, 3.63) is 53.6 Å². The molecule has 2 aromatic carbocycles. The number of hydrogen-bond donors (Lipinski definition) is 2. The number of aryl methyl sites for hydroxylation is 1. The van der Waals surface area contributed by atoms with Gasteiger partial charge in [0.1, 0.15) is 10.6 Å². The van der Waals surface area contributed by atoms with Crippen LogP contribution < -0.4 is 15.4 Å². The molecule has 1 heterocycles. The number of esters is 1. The minimum Gasteiger partial charge on any atom is -0.478 e. The number of rotatable bonds is 5. The summed E-state index contributed by atoms with van der Waals surface area (Å²) in [5.74, 6) is -0.0122. The Morgan fingerprint density at radius 1 is 1.13 bits per heavy atom. The molecule has 2 amide bonds. The van der Waals surface area contributed by atoms with Gasteiger partial charge in [0.25, 0.3) is 0 Å². The Kier molecular flexibility index (Phi) is 5.33. The van der Waals surface area contributed by atoms with E-state index in [0.717, 1.165) is 11.6 Å². The molecule has 0 radical (unpaired) electrons. The van der Waals surface area contributed by atoms with Gasteiger partial charge in [-0.05, 0) is 54.3 Å². The van der Waals surface area contributed by atoms with Crippen LogP contribution in [0.1, 0.15) is 17.5 Å². The Balaban J connectivity index is 1.61. The molecule has 1 unspecified atom stereocenters. The lowest BCUT2D eigenvalue weighted by Gasteiger charge is -2.40. The number of hydrogen-bond acceptors (Lipinski definition) is 4. The Morgan fingerprint density at radius 2 is 1.87 bits per heavy atom. The van der Waals surface area contributed by atoms with Gasteiger partial charge >= 0.3 is 22.2 Å². The lowest BCUT2D eigenvalue weighted by molar-refractivity contribution is -0.149. The number of carbonyl (C=O) groups is 2. The molecule has 0 saturated carbocycles. The highest BCUT2D eigenvalue weighted by Crippen LogP contribution is 3.02. The normalized spacial score (nSPS) is 17.9. The third kappa shape index (κ3) is 5.78. The molecule has 1 atom stereocenters. The number of benzene rings is 2. The number of anilines is 1. The molecule has 3 rings (SSSR count). The summed E-state index contributed by atoms with van der Waals surface area (Å²) < 4.78 is 74.7. The zero-order valence-corrected chi connectivity index (χ0v) is 17.0. The lowest BCUT2D eigenvalue weighted by atomic mass is 10.0. The standard InChI is InChI=1S/C19H19F5N2O4S/c1-29-18(27)17-7-5-13-10-14(6-8-16(13)30-17)26-19(28)25-11-12-3-2-4-15(9-12)31(20,21,22,23)24/h2-4,6,8-10,17H,5,7,11H2,1H3,(H2,25,26,28). The molecule has 1 aliphatic heterocycles. The highest BCUT2D eigenvalue weighted by atomic mass is 32.5. The number of fused-ring (bicyclic) bond motifs is 1. The van der Waals surface area contributed by atoms with Crippen LogP contribution >= 0.6 is 10.2 Å². The summed E-state index contributed by atoms with van der Waals surface area (Å²) in [5, 5.41) is 4.83. The van der Waals surface area contributed by atoms with Crippen LogP contribution in [0.5, 0.6) is 5.75 Å². The van der Waals surface area contributed by atoms with Crippen LogP contribution in [0.25, 0.3) is 0 Å². The fourth-order valence-corrected chi connectivity index (χ4v) is 3.73. The molecule has 12 heteroatoms. The maximum atomic E-state index is 12.9. The molecule has 2 aromatic rings. The van der Waals surface area contributed by atoms with E-state index >= 15 is 0 Å².